The molecule has 1 heterocycles. The second-order valence-electron chi connectivity index (χ2n) is 2.49. The Balaban J connectivity index is 2.79. The molecule has 0 spiro atoms. The number of aromatic nitrogens is 1. The number of hydrogen-bond acceptors (Lipinski definition) is 3. The lowest BCUT2D eigenvalue weighted by Crippen LogP contribution is -2.15. The molecular formula is C8H11FN2O. The third-order valence-electron chi connectivity index (χ3n) is 1.58. The first-order valence-corrected chi connectivity index (χ1v) is 3.72. The Labute approximate surface area is 70.0 Å². The summed E-state index contributed by atoms with van der Waals surface area (Å²) in [7, 11) is 0. The van der Waals surface area contributed by atoms with Crippen molar-refractivity contribution in [3.63, 3.8) is 0 Å². The molecule has 0 aromatic carbocycles. The minimum atomic E-state index is -0.517. The number of aliphatic hydroxyl groups excluding tert-OH is 1. The van der Waals surface area contributed by atoms with Crippen LogP contribution in [0, 0.1) is 5.82 Å². The van der Waals surface area contributed by atoms with Crippen LogP contribution in [0.4, 0.5) is 4.39 Å². The summed E-state index contributed by atoms with van der Waals surface area (Å²) in [5.74, 6) is -0.418. The number of nitrogens with zero attached hydrogens (tertiary/aromatic N) is 1. The summed E-state index contributed by atoms with van der Waals surface area (Å²) in [5, 5.41) is 8.56. The van der Waals surface area contributed by atoms with E-state index < -0.39 is 11.9 Å². The molecule has 1 atom stereocenters. The predicted octanol–water partition coefficient (Wildman–Crippen LogP) is 0.603. The molecular weight excluding hydrogens is 159 g/mol. The Hall–Kier alpha value is -1.00. The van der Waals surface area contributed by atoms with Crippen LogP contribution in [0.15, 0.2) is 18.3 Å². The van der Waals surface area contributed by atoms with Gasteiger partial charge in [-0.3, -0.25) is 4.98 Å². The molecule has 3 nitrogen and oxygen atoms in total. The van der Waals surface area contributed by atoms with E-state index in [1.807, 2.05) is 0 Å². The van der Waals surface area contributed by atoms with Gasteiger partial charge in [0.1, 0.15) is 5.82 Å². The highest BCUT2D eigenvalue weighted by molar-refractivity contribution is 5.10. The topological polar surface area (TPSA) is 59.1 Å². The maximum absolute atomic E-state index is 12.9. The van der Waals surface area contributed by atoms with E-state index in [2.05, 4.69) is 4.98 Å². The SMILES string of the molecule is NC(CCO)c1ncccc1F. The van der Waals surface area contributed by atoms with Gasteiger partial charge in [0.2, 0.25) is 0 Å². The van der Waals surface area contributed by atoms with E-state index in [1.165, 1.54) is 18.3 Å². The quantitative estimate of drug-likeness (QED) is 0.698. The molecule has 0 radical (unpaired) electrons. The molecule has 0 saturated carbocycles. The zero-order valence-corrected chi connectivity index (χ0v) is 6.57. The van der Waals surface area contributed by atoms with Gasteiger partial charge in [-0.1, -0.05) is 0 Å². The highest BCUT2D eigenvalue weighted by atomic mass is 19.1. The maximum Gasteiger partial charge on any atom is 0.146 e. The van der Waals surface area contributed by atoms with Crippen molar-refractivity contribution in [2.75, 3.05) is 6.61 Å². The minimum absolute atomic E-state index is 0.0584. The van der Waals surface area contributed by atoms with E-state index in [1.54, 1.807) is 0 Å². The average molecular weight is 170 g/mol. The molecule has 1 unspecified atom stereocenters. The van der Waals surface area contributed by atoms with Crippen LogP contribution >= 0.6 is 0 Å². The molecule has 0 bridgehead atoms. The molecule has 0 aliphatic heterocycles. The van der Waals surface area contributed by atoms with Crippen LogP contribution in [0.1, 0.15) is 18.2 Å². The first-order chi connectivity index (χ1) is 5.75. The van der Waals surface area contributed by atoms with E-state index >= 15 is 0 Å². The molecule has 1 aromatic heterocycles. The van der Waals surface area contributed by atoms with Crippen molar-refractivity contribution in [1.29, 1.82) is 0 Å². The number of pyridine rings is 1. The van der Waals surface area contributed by atoms with Crippen molar-refractivity contribution in [2.45, 2.75) is 12.5 Å². The summed E-state index contributed by atoms with van der Waals surface area (Å²) in [6, 6.07) is 2.29. The molecule has 1 aromatic rings. The predicted molar refractivity (Wildman–Crippen MR) is 42.8 cm³/mol. The van der Waals surface area contributed by atoms with E-state index in [0.29, 0.717) is 6.42 Å². The summed E-state index contributed by atoms with van der Waals surface area (Å²) in [4.78, 5) is 3.79. The largest absolute Gasteiger partial charge is 0.396 e. The summed E-state index contributed by atoms with van der Waals surface area (Å²) in [6.07, 6.45) is 1.81. The molecule has 0 saturated heterocycles. The van der Waals surface area contributed by atoms with Crippen molar-refractivity contribution >= 4 is 0 Å². The van der Waals surface area contributed by atoms with Crippen molar-refractivity contribution in [3.8, 4) is 0 Å². The maximum atomic E-state index is 12.9. The molecule has 0 fully saturated rings. The molecule has 0 aliphatic rings. The highest BCUT2D eigenvalue weighted by Gasteiger charge is 2.10. The molecule has 4 heteroatoms. The smallest absolute Gasteiger partial charge is 0.146 e. The van der Waals surface area contributed by atoms with Gasteiger partial charge in [0.15, 0.2) is 0 Å². The number of aliphatic hydroxyl groups is 1. The van der Waals surface area contributed by atoms with Crippen LogP contribution < -0.4 is 5.73 Å². The van der Waals surface area contributed by atoms with Crippen molar-refractivity contribution < 1.29 is 9.50 Å². The second kappa shape index (κ2) is 4.13. The fraction of sp³-hybridized carbons (Fsp3) is 0.375. The van der Waals surface area contributed by atoms with Gasteiger partial charge < -0.3 is 10.8 Å². The first-order valence-electron chi connectivity index (χ1n) is 3.72. The van der Waals surface area contributed by atoms with Gasteiger partial charge in [-0.15, -0.1) is 0 Å². The van der Waals surface area contributed by atoms with Gasteiger partial charge in [0.05, 0.1) is 11.7 Å². The Kier molecular flexibility index (Phi) is 3.13. The number of nitrogens with two attached hydrogens (primary N) is 1. The second-order valence-corrected chi connectivity index (χ2v) is 2.49. The van der Waals surface area contributed by atoms with Crippen molar-refractivity contribution in [3.05, 3.63) is 29.8 Å². The standard InChI is InChI=1S/C8H11FN2O/c9-6-2-1-4-11-8(6)7(10)3-5-12/h1-2,4,7,12H,3,5,10H2. The van der Waals surface area contributed by atoms with Crippen molar-refractivity contribution in [2.24, 2.45) is 5.73 Å². The van der Waals surface area contributed by atoms with Gasteiger partial charge in [0.25, 0.3) is 0 Å². The zero-order chi connectivity index (χ0) is 8.97. The van der Waals surface area contributed by atoms with E-state index in [4.69, 9.17) is 10.8 Å². The van der Waals surface area contributed by atoms with Crippen LogP contribution in [-0.2, 0) is 0 Å². The van der Waals surface area contributed by atoms with Crippen LogP contribution in [-0.4, -0.2) is 16.7 Å². The lowest BCUT2D eigenvalue weighted by molar-refractivity contribution is 0.274. The molecule has 0 amide bonds. The normalized spacial score (nSPS) is 12.9. The fourth-order valence-corrected chi connectivity index (χ4v) is 0.947. The van der Waals surface area contributed by atoms with Crippen molar-refractivity contribution in [1.82, 2.24) is 4.98 Å². The lowest BCUT2D eigenvalue weighted by Gasteiger charge is -2.08. The Morgan fingerprint density at radius 2 is 2.42 bits per heavy atom. The van der Waals surface area contributed by atoms with Crippen LogP contribution in [0.3, 0.4) is 0 Å². The Morgan fingerprint density at radius 1 is 1.67 bits per heavy atom. The van der Waals surface area contributed by atoms with Gasteiger partial charge in [0, 0.05) is 12.8 Å². The monoisotopic (exact) mass is 170 g/mol. The summed E-state index contributed by atoms with van der Waals surface area (Å²) >= 11 is 0. The number of halogens is 1. The highest BCUT2D eigenvalue weighted by Crippen LogP contribution is 2.13. The Bertz CT molecular complexity index is 255. The fourth-order valence-electron chi connectivity index (χ4n) is 0.947. The zero-order valence-electron chi connectivity index (χ0n) is 6.57. The van der Waals surface area contributed by atoms with Crippen LogP contribution in [0.2, 0.25) is 0 Å². The van der Waals surface area contributed by atoms with Gasteiger partial charge in [-0.2, -0.15) is 0 Å². The van der Waals surface area contributed by atoms with Gasteiger partial charge in [-0.05, 0) is 18.6 Å². The molecule has 66 valence electrons. The molecule has 3 N–H and O–H groups in total. The van der Waals surface area contributed by atoms with Gasteiger partial charge >= 0.3 is 0 Å². The third-order valence-corrected chi connectivity index (χ3v) is 1.58. The molecule has 12 heavy (non-hydrogen) atoms. The number of rotatable bonds is 3. The summed E-state index contributed by atoms with van der Waals surface area (Å²) in [5.41, 5.74) is 5.76. The molecule has 1 rings (SSSR count). The van der Waals surface area contributed by atoms with Gasteiger partial charge in [-0.25, -0.2) is 4.39 Å². The number of hydrogen-bond donors (Lipinski definition) is 2. The van der Waals surface area contributed by atoms with E-state index in [9.17, 15) is 4.39 Å². The lowest BCUT2D eigenvalue weighted by atomic mass is 10.1. The Morgan fingerprint density at radius 3 is 3.00 bits per heavy atom. The van der Waals surface area contributed by atoms with Crippen LogP contribution in [0.5, 0.6) is 0 Å². The molecule has 0 aliphatic carbocycles. The van der Waals surface area contributed by atoms with E-state index in [-0.39, 0.29) is 12.3 Å². The summed E-state index contributed by atoms with van der Waals surface area (Å²) < 4.78 is 12.9. The van der Waals surface area contributed by atoms with E-state index in [0.717, 1.165) is 0 Å². The summed E-state index contributed by atoms with van der Waals surface area (Å²) in [6.45, 7) is -0.0584. The first kappa shape index (κ1) is 9.09. The third kappa shape index (κ3) is 1.99. The average Bonchev–Trinajstić information content (AvgIpc) is 2.05. The van der Waals surface area contributed by atoms with Crippen LogP contribution in [0.25, 0.3) is 0 Å². The minimum Gasteiger partial charge on any atom is -0.396 e.